The number of hydrogen-bond donors (Lipinski definition) is 0. The number of ether oxygens (including phenoxy) is 2. The van der Waals surface area contributed by atoms with Crippen molar-refractivity contribution in [3.8, 4) is 5.75 Å². The third kappa shape index (κ3) is 3.35. The maximum absolute atomic E-state index is 5.94. The SMILES string of the molecule is CC(C)COc1cccc2ccc(C3CCOCC3)nc12. The van der Waals surface area contributed by atoms with E-state index in [0.29, 0.717) is 11.8 Å². The van der Waals surface area contributed by atoms with Crippen LogP contribution in [0, 0.1) is 5.92 Å². The van der Waals surface area contributed by atoms with Gasteiger partial charge < -0.3 is 9.47 Å². The number of rotatable bonds is 4. The van der Waals surface area contributed by atoms with Crippen molar-refractivity contribution in [1.29, 1.82) is 0 Å². The predicted octanol–water partition coefficient (Wildman–Crippen LogP) is 4.16. The van der Waals surface area contributed by atoms with E-state index in [1.165, 1.54) is 5.69 Å². The standard InChI is InChI=1S/C18H23NO2/c1-13(2)12-21-17-5-3-4-15-6-7-16(19-18(15)17)14-8-10-20-11-9-14/h3-7,13-14H,8-12H2,1-2H3. The highest BCUT2D eigenvalue weighted by Gasteiger charge is 2.18. The Morgan fingerprint density at radius 2 is 2.00 bits per heavy atom. The normalized spacial score (nSPS) is 16.5. The first kappa shape index (κ1) is 14.3. The van der Waals surface area contributed by atoms with E-state index in [4.69, 9.17) is 14.5 Å². The Bertz CT molecular complexity index is 603. The van der Waals surface area contributed by atoms with Crippen molar-refractivity contribution in [2.45, 2.75) is 32.6 Å². The van der Waals surface area contributed by atoms with E-state index in [-0.39, 0.29) is 0 Å². The summed E-state index contributed by atoms with van der Waals surface area (Å²) in [6.45, 7) is 6.73. The second kappa shape index (κ2) is 6.44. The topological polar surface area (TPSA) is 31.4 Å². The fourth-order valence-corrected chi connectivity index (χ4v) is 2.73. The molecule has 2 heterocycles. The molecule has 1 fully saturated rings. The smallest absolute Gasteiger partial charge is 0.145 e. The average Bonchev–Trinajstić information content (AvgIpc) is 2.53. The van der Waals surface area contributed by atoms with Gasteiger partial charge in [-0.1, -0.05) is 32.0 Å². The first-order chi connectivity index (χ1) is 10.2. The maximum atomic E-state index is 5.94. The van der Waals surface area contributed by atoms with Gasteiger partial charge in [0.2, 0.25) is 0 Å². The van der Waals surface area contributed by atoms with Crippen molar-refractivity contribution >= 4 is 10.9 Å². The van der Waals surface area contributed by atoms with Crippen LogP contribution in [0.15, 0.2) is 30.3 Å². The lowest BCUT2D eigenvalue weighted by Gasteiger charge is -2.22. The number of aromatic nitrogens is 1. The van der Waals surface area contributed by atoms with Crippen LogP contribution in [0.3, 0.4) is 0 Å². The summed E-state index contributed by atoms with van der Waals surface area (Å²) in [5.41, 5.74) is 2.16. The Morgan fingerprint density at radius 1 is 1.19 bits per heavy atom. The molecule has 112 valence electrons. The lowest BCUT2D eigenvalue weighted by molar-refractivity contribution is 0.0845. The number of fused-ring (bicyclic) bond motifs is 1. The minimum absolute atomic E-state index is 0.513. The molecule has 1 aliphatic rings. The Hall–Kier alpha value is -1.61. The van der Waals surface area contributed by atoms with Crippen LogP contribution in [0.25, 0.3) is 10.9 Å². The van der Waals surface area contributed by atoms with Gasteiger partial charge in [0.05, 0.1) is 6.61 Å². The zero-order valence-corrected chi connectivity index (χ0v) is 12.8. The highest BCUT2D eigenvalue weighted by molar-refractivity contribution is 5.84. The summed E-state index contributed by atoms with van der Waals surface area (Å²) in [7, 11) is 0. The van der Waals surface area contributed by atoms with Crippen LogP contribution < -0.4 is 4.74 Å². The second-order valence-electron chi connectivity index (χ2n) is 6.16. The second-order valence-corrected chi connectivity index (χ2v) is 6.16. The first-order valence-electron chi connectivity index (χ1n) is 7.84. The minimum Gasteiger partial charge on any atom is -0.491 e. The molecular weight excluding hydrogens is 262 g/mol. The van der Waals surface area contributed by atoms with Crippen LogP contribution in [-0.4, -0.2) is 24.8 Å². The fraction of sp³-hybridized carbons (Fsp3) is 0.500. The third-order valence-electron chi connectivity index (χ3n) is 3.92. The number of pyridine rings is 1. The van der Waals surface area contributed by atoms with Crippen LogP contribution in [0.5, 0.6) is 5.75 Å². The summed E-state index contributed by atoms with van der Waals surface area (Å²) >= 11 is 0. The summed E-state index contributed by atoms with van der Waals surface area (Å²) < 4.78 is 11.4. The monoisotopic (exact) mass is 285 g/mol. The zero-order valence-electron chi connectivity index (χ0n) is 12.8. The molecule has 3 heteroatoms. The van der Waals surface area contributed by atoms with Crippen LogP contribution in [0.4, 0.5) is 0 Å². The molecule has 3 rings (SSSR count). The quantitative estimate of drug-likeness (QED) is 0.845. The largest absolute Gasteiger partial charge is 0.491 e. The van der Waals surface area contributed by atoms with Gasteiger partial charge in [0.15, 0.2) is 0 Å². The molecule has 21 heavy (non-hydrogen) atoms. The summed E-state index contributed by atoms with van der Waals surface area (Å²) in [6.07, 6.45) is 2.13. The van der Waals surface area contributed by atoms with Gasteiger partial charge in [0.1, 0.15) is 11.3 Å². The molecular formula is C18H23NO2. The number of nitrogens with zero attached hydrogens (tertiary/aromatic N) is 1. The van der Waals surface area contributed by atoms with Gasteiger partial charge >= 0.3 is 0 Å². The predicted molar refractivity (Wildman–Crippen MR) is 84.9 cm³/mol. The molecule has 0 bridgehead atoms. The van der Waals surface area contributed by atoms with Gasteiger partial charge in [0, 0.05) is 30.2 Å². The van der Waals surface area contributed by atoms with E-state index >= 15 is 0 Å². The van der Waals surface area contributed by atoms with Crippen molar-refractivity contribution in [2.24, 2.45) is 5.92 Å². The van der Waals surface area contributed by atoms with E-state index in [1.807, 2.05) is 12.1 Å². The van der Waals surface area contributed by atoms with Crippen LogP contribution in [0.1, 0.15) is 38.3 Å². The molecule has 0 saturated carbocycles. The zero-order chi connectivity index (χ0) is 14.7. The van der Waals surface area contributed by atoms with Crippen LogP contribution >= 0.6 is 0 Å². The molecule has 1 saturated heterocycles. The van der Waals surface area contributed by atoms with E-state index in [2.05, 4.69) is 32.0 Å². The Labute approximate surface area is 126 Å². The molecule has 0 unspecified atom stereocenters. The summed E-state index contributed by atoms with van der Waals surface area (Å²) in [5, 5.41) is 1.15. The van der Waals surface area contributed by atoms with Crippen LogP contribution in [-0.2, 0) is 4.74 Å². The molecule has 1 aromatic carbocycles. The lowest BCUT2D eigenvalue weighted by atomic mass is 9.95. The molecule has 1 aliphatic heterocycles. The van der Waals surface area contributed by atoms with E-state index in [9.17, 15) is 0 Å². The number of benzene rings is 1. The first-order valence-corrected chi connectivity index (χ1v) is 7.84. The number of para-hydroxylation sites is 1. The van der Waals surface area contributed by atoms with E-state index < -0.39 is 0 Å². The molecule has 0 atom stereocenters. The molecule has 0 radical (unpaired) electrons. The van der Waals surface area contributed by atoms with Gasteiger partial charge in [-0.2, -0.15) is 0 Å². The summed E-state index contributed by atoms with van der Waals surface area (Å²) in [4.78, 5) is 4.90. The molecule has 0 amide bonds. The van der Waals surface area contributed by atoms with Gasteiger partial charge in [-0.25, -0.2) is 4.98 Å². The van der Waals surface area contributed by atoms with Gasteiger partial charge in [-0.15, -0.1) is 0 Å². The Balaban J connectivity index is 1.92. The molecule has 0 N–H and O–H groups in total. The van der Waals surface area contributed by atoms with Crippen molar-refractivity contribution in [1.82, 2.24) is 4.98 Å². The lowest BCUT2D eigenvalue weighted by Crippen LogP contribution is -2.15. The highest BCUT2D eigenvalue weighted by Crippen LogP contribution is 2.30. The van der Waals surface area contributed by atoms with Gasteiger partial charge in [-0.05, 0) is 30.9 Å². The molecule has 2 aromatic rings. The fourth-order valence-electron chi connectivity index (χ4n) is 2.73. The molecule has 1 aromatic heterocycles. The third-order valence-corrected chi connectivity index (χ3v) is 3.92. The average molecular weight is 285 g/mol. The van der Waals surface area contributed by atoms with Crippen molar-refractivity contribution < 1.29 is 9.47 Å². The van der Waals surface area contributed by atoms with Crippen molar-refractivity contribution in [3.63, 3.8) is 0 Å². The van der Waals surface area contributed by atoms with Crippen molar-refractivity contribution in [3.05, 3.63) is 36.0 Å². The van der Waals surface area contributed by atoms with E-state index in [0.717, 1.165) is 49.3 Å². The summed E-state index contributed by atoms with van der Waals surface area (Å²) in [5.74, 6) is 1.93. The Morgan fingerprint density at radius 3 is 2.76 bits per heavy atom. The molecule has 0 aliphatic carbocycles. The van der Waals surface area contributed by atoms with Crippen molar-refractivity contribution in [2.75, 3.05) is 19.8 Å². The van der Waals surface area contributed by atoms with Gasteiger partial charge in [0.25, 0.3) is 0 Å². The summed E-state index contributed by atoms with van der Waals surface area (Å²) in [6, 6.07) is 10.5. The Kier molecular flexibility index (Phi) is 4.39. The molecule has 3 nitrogen and oxygen atoms in total. The minimum atomic E-state index is 0.513. The number of hydrogen-bond acceptors (Lipinski definition) is 3. The van der Waals surface area contributed by atoms with E-state index in [1.54, 1.807) is 0 Å². The van der Waals surface area contributed by atoms with Gasteiger partial charge in [-0.3, -0.25) is 0 Å². The molecule has 0 spiro atoms. The van der Waals surface area contributed by atoms with Crippen LogP contribution in [0.2, 0.25) is 0 Å². The maximum Gasteiger partial charge on any atom is 0.145 e. The highest BCUT2D eigenvalue weighted by atomic mass is 16.5.